The zero-order valence-electron chi connectivity index (χ0n) is 22.6. The molecule has 0 bridgehead atoms. The number of aliphatic hydroxyl groups is 1. The minimum absolute atomic E-state index is 0.150. The van der Waals surface area contributed by atoms with Crippen LogP contribution >= 0.6 is 7.75 Å². The molecule has 4 unspecified atom stereocenters. The van der Waals surface area contributed by atoms with E-state index >= 15 is 0 Å². The topological polar surface area (TPSA) is 160 Å². The molecule has 0 radical (unpaired) electrons. The first-order valence-electron chi connectivity index (χ1n) is 13.6. The average molecular weight is 574 g/mol. The lowest BCUT2D eigenvalue weighted by Crippen LogP contribution is -2.40. The van der Waals surface area contributed by atoms with Crippen molar-refractivity contribution in [2.45, 2.75) is 89.1 Å². The van der Waals surface area contributed by atoms with Gasteiger partial charge in [-0.15, -0.1) is 0 Å². The third-order valence-electron chi connectivity index (χ3n) is 7.22. The van der Waals surface area contributed by atoms with Crippen molar-refractivity contribution in [1.29, 1.82) is 0 Å². The predicted molar refractivity (Wildman–Crippen MR) is 147 cm³/mol. The van der Waals surface area contributed by atoms with Gasteiger partial charge in [0.25, 0.3) is 0 Å². The smallest absolute Gasteiger partial charge is 0.459 e. The van der Waals surface area contributed by atoms with Crippen LogP contribution in [0.4, 0.5) is 5.69 Å². The third-order valence-corrected chi connectivity index (χ3v) is 8.98. The second kappa shape index (κ2) is 12.2. The molecule has 6 atom stereocenters. The number of hydrogen-bond acceptors (Lipinski definition) is 10. The van der Waals surface area contributed by atoms with Gasteiger partial charge >= 0.3 is 13.7 Å². The molecule has 12 nitrogen and oxygen atoms in total. The van der Waals surface area contributed by atoms with E-state index < -0.39 is 44.3 Å². The normalized spacial score (nSPS) is 24.8. The fourth-order valence-electron chi connectivity index (χ4n) is 5.15. The van der Waals surface area contributed by atoms with Gasteiger partial charge in [0.2, 0.25) is 0 Å². The monoisotopic (exact) mass is 573 g/mol. The molecule has 1 aliphatic heterocycles. The second-order valence-electron chi connectivity index (χ2n) is 10.3. The van der Waals surface area contributed by atoms with Gasteiger partial charge in [-0.05, 0) is 57.7 Å². The molecule has 5 rings (SSSR count). The summed E-state index contributed by atoms with van der Waals surface area (Å²) in [5, 5.41) is 13.6. The Morgan fingerprint density at radius 2 is 1.93 bits per heavy atom. The van der Waals surface area contributed by atoms with Crippen molar-refractivity contribution in [3.63, 3.8) is 0 Å². The maximum Gasteiger partial charge on any atom is 0.459 e. The van der Waals surface area contributed by atoms with E-state index in [2.05, 4.69) is 15.1 Å². The molecule has 1 aromatic carbocycles. The Hall–Kier alpha value is -3.02. The molecule has 1 saturated heterocycles. The van der Waals surface area contributed by atoms with Crippen LogP contribution < -0.4 is 15.3 Å². The molecule has 13 heteroatoms. The average Bonchev–Trinajstić information content (AvgIpc) is 3.54. The third kappa shape index (κ3) is 6.47. The molecular weight excluding hydrogens is 537 g/mol. The van der Waals surface area contributed by atoms with Gasteiger partial charge in [-0.2, -0.15) is 5.09 Å². The number of nitrogens with one attached hydrogen (secondary N) is 1. The van der Waals surface area contributed by atoms with Crippen LogP contribution in [0, 0.1) is 0 Å². The number of aliphatic hydroxyl groups excluding tert-OH is 1. The number of nitrogens with zero attached hydrogens (tertiary/aromatic N) is 3. The van der Waals surface area contributed by atoms with Crippen molar-refractivity contribution in [3.05, 3.63) is 48.9 Å². The molecule has 2 aliphatic rings. The molecule has 3 aromatic rings. The Balaban J connectivity index is 1.29. The fourth-order valence-corrected chi connectivity index (χ4v) is 6.84. The number of rotatable bonds is 10. The predicted octanol–water partition coefficient (Wildman–Crippen LogP) is 4.11. The highest BCUT2D eigenvalue weighted by atomic mass is 31.2. The van der Waals surface area contributed by atoms with Crippen LogP contribution in [0.15, 0.2) is 48.9 Å². The lowest BCUT2D eigenvalue weighted by atomic mass is 9.98. The molecule has 2 aromatic heterocycles. The zero-order chi connectivity index (χ0) is 28.3. The molecule has 1 saturated carbocycles. The van der Waals surface area contributed by atoms with Gasteiger partial charge in [0.05, 0.1) is 24.2 Å². The summed E-state index contributed by atoms with van der Waals surface area (Å²) in [6.07, 6.45) is 4.70. The van der Waals surface area contributed by atoms with Crippen LogP contribution in [0.3, 0.4) is 0 Å². The first-order valence-corrected chi connectivity index (χ1v) is 15.2. The number of ether oxygens (including phenoxy) is 2. The van der Waals surface area contributed by atoms with Crippen molar-refractivity contribution in [3.8, 4) is 5.75 Å². The minimum Gasteiger partial charge on any atom is -0.461 e. The summed E-state index contributed by atoms with van der Waals surface area (Å²) in [4.78, 5) is 21.5. The van der Waals surface area contributed by atoms with Gasteiger partial charge < -0.3 is 24.8 Å². The summed E-state index contributed by atoms with van der Waals surface area (Å²) >= 11 is 0. The number of fused-ring (bicyclic) bond motifs is 1. The SMILES string of the molecule is CC(NP(=O)(Oc1ccccc1)OC(C)[C@H]1O[C@@H](n2cnc3c(N)ccnc32)CC1O)C(=O)OC1CCCCC1. The summed E-state index contributed by atoms with van der Waals surface area (Å²) in [6, 6.07) is 9.21. The second-order valence-corrected chi connectivity index (χ2v) is 12.0. The van der Waals surface area contributed by atoms with E-state index in [1.54, 1.807) is 67.3 Å². The maximum absolute atomic E-state index is 14.0. The van der Waals surface area contributed by atoms with Crippen molar-refractivity contribution >= 4 is 30.6 Å². The van der Waals surface area contributed by atoms with Crippen LogP contribution in [-0.4, -0.2) is 56.1 Å². The summed E-state index contributed by atoms with van der Waals surface area (Å²) in [7, 11) is -4.16. The van der Waals surface area contributed by atoms with Gasteiger partial charge in [-0.1, -0.05) is 24.6 Å². The summed E-state index contributed by atoms with van der Waals surface area (Å²) in [6.45, 7) is 3.19. The first-order chi connectivity index (χ1) is 19.2. The van der Waals surface area contributed by atoms with Crippen molar-refractivity contribution in [2.24, 2.45) is 0 Å². The number of esters is 1. The fraction of sp³-hybridized carbons (Fsp3) is 0.519. The number of aromatic nitrogens is 3. The number of imidazole rings is 1. The number of carbonyl (C=O) groups is 1. The number of nitrogen functional groups attached to an aromatic ring is 1. The van der Waals surface area contributed by atoms with Crippen molar-refractivity contribution < 1.29 is 33.0 Å². The molecule has 4 N–H and O–H groups in total. The Bertz CT molecular complexity index is 1350. The molecular formula is C27H36N5O7P. The Kier molecular flexibility index (Phi) is 8.72. The van der Waals surface area contributed by atoms with E-state index in [0.717, 1.165) is 32.1 Å². The Labute approximate surface area is 232 Å². The van der Waals surface area contributed by atoms with E-state index in [0.29, 0.717) is 16.9 Å². The van der Waals surface area contributed by atoms with E-state index in [4.69, 9.17) is 24.3 Å². The minimum atomic E-state index is -4.16. The molecule has 1 aliphatic carbocycles. The zero-order valence-corrected chi connectivity index (χ0v) is 23.5. The maximum atomic E-state index is 14.0. The highest BCUT2D eigenvalue weighted by Gasteiger charge is 2.44. The lowest BCUT2D eigenvalue weighted by molar-refractivity contribution is -0.152. The number of pyridine rings is 1. The van der Waals surface area contributed by atoms with Crippen LogP contribution in [0.25, 0.3) is 11.2 Å². The number of anilines is 1. The van der Waals surface area contributed by atoms with Crippen LogP contribution in [-0.2, 0) is 23.4 Å². The van der Waals surface area contributed by atoms with E-state index in [1.165, 1.54) is 0 Å². The van der Waals surface area contributed by atoms with Crippen LogP contribution in [0.2, 0.25) is 0 Å². The van der Waals surface area contributed by atoms with Crippen LogP contribution in [0.1, 0.15) is 58.6 Å². The molecule has 216 valence electrons. The molecule has 0 amide bonds. The number of benzene rings is 1. The molecule has 0 spiro atoms. The summed E-state index contributed by atoms with van der Waals surface area (Å²) < 4.78 is 39.3. The van der Waals surface area contributed by atoms with Gasteiger partial charge in [0.1, 0.15) is 35.7 Å². The summed E-state index contributed by atoms with van der Waals surface area (Å²) in [5.74, 6) is -0.242. The number of hydrogen-bond donors (Lipinski definition) is 3. The largest absolute Gasteiger partial charge is 0.461 e. The van der Waals surface area contributed by atoms with Crippen LogP contribution in [0.5, 0.6) is 5.75 Å². The molecule has 40 heavy (non-hydrogen) atoms. The highest BCUT2D eigenvalue weighted by molar-refractivity contribution is 7.52. The van der Waals surface area contributed by atoms with E-state index in [9.17, 15) is 14.5 Å². The van der Waals surface area contributed by atoms with Gasteiger partial charge in [-0.25, -0.2) is 14.5 Å². The van der Waals surface area contributed by atoms with Crippen molar-refractivity contribution in [2.75, 3.05) is 5.73 Å². The Morgan fingerprint density at radius 3 is 2.67 bits per heavy atom. The van der Waals surface area contributed by atoms with Gasteiger partial charge in [0.15, 0.2) is 5.65 Å². The molecule has 2 fully saturated rings. The number of carbonyl (C=O) groups excluding carboxylic acids is 1. The van der Waals surface area contributed by atoms with E-state index in [-0.39, 0.29) is 18.3 Å². The quantitative estimate of drug-likeness (QED) is 0.237. The van der Waals surface area contributed by atoms with Crippen molar-refractivity contribution in [1.82, 2.24) is 19.6 Å². The lowest BCUT2D eigenvalue weighted by Gasteiger charge is -2.29. The number of para-hydroxylation sites is 1. The van der Waals surface area contributed by atoms with E-state index in [1.807, 2.05) is 0 Å². The number of nitrogens with two attached hydrogens (primary N) is 1. The highest BCUT2D eigenvalue weighted by Crippen LogP contribution is 2.48. The first kappa shape index (κ1) is 28.5. The molecule has 3 heterocycles. The van der Waals surface area contributed by atoms with Gasteiger partial charge in [-0.3, -0.25) is 13.9 Å². The van der Waals surface area contributed by atoms with Gasteiger partial charge in [0, 0.05) is 12.6 Å². The summed E-state index contributed by atoms with van der Waals surface area (Å²) in [5.41, 5.74) is 7.55. The standard InChI is InChI=1S/C27H36N5O7P/c1-17(27(34)36-19-9-5-3-6-10-19)31-40(35,39-20-11-7-4-8-12-20)38-18(2)25-22(33)15-23(37-25)32-16-30-24-21(28)13-14-29-26(24)32/h4,7-8,11-14,16-19,22-23,25,33H,3,5-6,9-10,15H2,1-2H3,(H2,28,29)(H,31,35)/t17?,18?,22?,23-,25-,40?/m1/s1. The Morgan fingerprint density at radius 1 is 1.18 bits per heavy atom.